The molecular weight excluding hydrogens is 836 g/mol. The topological polar surface area (TPSA) is 147 Å². The molecule has 0 aromatic heterocycles. The van der Waals surface area contributed by atoms with E-state index in [1.165, 1.54) is 18.2 Å². The van der Waals surface area contributed by atoms with Gasteiger partial charge in [0.2, 0.25) is 11.5 Å². The second-order valence-electron chi connectivity index (χ2n) is 11.1. The Hall–Kier alpha value is -5.61. The van der Waals surface area contributed by atoms with Crippen molar-refractivity contribution in [2.45, 2.75) is 33.2 Å². The zero-order chi connectivity index (χ0) is 41.5. The molecule has 0 bridgehead atoms. The number of carbonyl (C=O) groups is 1. The molecule has 0 heterocycles. The van der Waals surface area contributed by atoms with E-state index in [-0.39, 0.29) is 17.7 Å². The maximum Gasteiger partial charge on any atom is 0.417 e. The summed E-state index contributed by atoms with van der Waals surface area (Å²) in [6, 6.07) is 13.6. The molecule has 5 aromatic carbocycles. The third-order valence-corrected chi connectivity index (χ3v) is 11.2. The largest absolute Gasteiger partial charge is 0.417 e. The van der Waals surface area contributed by atoms with Gasteiger partial charge in [0, 0.05) is 5.56 Å². The smallest absolute Gasteiger partial charge is 0.375 e. The van der Waals surface area contributed by atoms with Crippen LogP contribution in [0.3, 0.4) is 0 Å². The van der Waals surface area contributed by atoms with Gasteiger partial charge >= 0.3 is 48.9 Å². The molecule has 296 valence electrons. The van der Waals surface area contributed by atoms with Crippen LogP contribution in [0.15, 0.2) is 130 Å². The third kappa shape index (κ3) is 8.76. The van der Waals surface area contributed by atoms with Gasteiger partial charge in [-0.25, -0.2) is 0 Å². The van der Waals surface area contributed by atoms with Gasteiger partial charge in [-0.05, 0) is 48.5 Å². The molecule has 0 saturated carbocycles. The minimum absolute atomic E-state index is 0.261. The third-order valence-electron chi connectivity index (χ3n) is 7.33. The van der Waals surface area contributed by atoms with Crippen molar-refractivity contribution in [3.8, 4) is 17.2 Å². The Morgan fingerprint density at radius 1 is 0.411 bits per heavy atom. The van der Waals surface area contributed by atoms with Crippen molar-refractivity contribution in [3.05, 3.63) is 143 Å². The van der Waals surface area contributed by atoms with Crippen LogP contribution in [0.2, 0.25) is 0 Å². The summed E-state index contributed by atoms with van der Waals surface area (Å²) in [6.07, 6.45) is -16.2. The van der Waals surface area contributed by atoms with Crippen molar-refractivity contribution in [2.75, 3.05) is 0 Å². The Labute approximate surface area is 311 Å². The Morgan fingerprint density at radius 3 is 1.14 bits per heavy atom. The zero-order valence-corrected chi connectivity index (χ0v) is 29.6. The molecule has 0 amide bonds. The van der Waals surface area contributed by atoms with E-state index >= 15 is 0 Å². The normalized spacial score (nSPS) is 12.9. The number of halogens is 9. The Balaban J connectivity index is 1.86. The predicted octanol–water partition coefficient (Wildman–Crippen LogP) is 8.28. The minimum Gasteiger partial charge on any atom is -0.375 e. The highest BCUT2D eigenvalue weighted by atomic mass is 32.2. The van der Waals surface area contributed by atoms with Crippen molar-refractivity contribution in [3.63, 3.8) is 0 Å². The first-order valence-electron chi connectivity index (χ1n) is 14.9. The number of benzene rings is 5. The van der Waals surface area contributed by atoms with Crippen LogP contribution in [0.4, 0.5) is 39.5 Å². The van der Waals surface area contributed by atoms with E-state index < -0.39 is 109 Å². The van der Waals surface area contributed by atoms with Crippen molar-refractivity contribution in [1.82, 2.24) is 0 Å². The minimum atomic E-state index is -6.02. The van der Waals surface area contributed by atoms with Crippen LogP contribution < -0.4 is 12.5 Å². The number of ketones is 1. The summed E-state index contributed by atoms with van der Waals surface area (Å²) >= 11 is 0. The zero-order valence-electron chi connectivity index (χ0n) is 27.2. The van der Waals surface area contributed by atoms with Crippen LogP contribution >= 0.6 is 0 Å². The van der Waals surface area contributed by atoms with Crippen LogP contribution in [0.5, 0.6) is 17.2 Å². The van der Waals surface area contributed by atoms with E-state index in [0.717, 1.165) is 48.5 Å². The first-order chi connectivity index (χ1) is 25.8. The van der Waals surface area contributed by atoms with E-state index in [2.05, 4.69) is 0 Å². The fourth-order valence-corrected chi connectivity index (χ4v) is 8.42. The van der Waals surface area contributed by atoms with Crippen LogP contribution in [0.25, 0.3) is 0 Å². The van der Waals surface area contributed by atoms with E-state index in [4.69, 9.17) is 12.5 Å². The lowest BCUT2D eigenvalue weighted by atomic mass is 10.0. The van der Waals surface area contributed by atoms with Gasteiger partial charge in [0.25, 0.3) is 0 Å². The first-order valence-corrected chi connectivity index (χ1v) is 19.2. The van der Waals surface area contributed by atoms with Crippen molar-refractivity contribution in [2.24, 2.45) is 0 Å². The van der Waals surface area contributed by atoms with Gasteiger partial charge in [0.15, 0.2) is 11.5 Å². The summed E-state index contributed by atoms with van der Waals surface area (Å²) in [5.74, 6) is -6.60. The summed E-state index contributed by atoms with van der Waals surface area (Å²) in [5.41, 5.74) is -7.10. The van der Waals surface area contributed by atoms with Gasteiger partial charge in [-0.15, -0.1) is 0 Å². The summed E-state index contributed by atoms with van der Waals surface area (Å²) in [7, 11) is -17.8. The van der Waals surface area contributed by atoms with E-state index in [1.807, 2.05) is 0 Å². The fraction of sp³-hybridized carbons (Fsp3) is 0.0882. The lowest BCUT2D eigenvalue weighted by Crippen LogP contribution is -2.22. The number of alkyl halides is 9. The maximum atomic E-state index is 14.0. The van der Waals surface area contributed by atoms with Crippen LogP contribution in [-0.2, 0) is 48.9 Å². The highest BCUT2D eigenvalue weighted by Crippen LogP contribution is 2.47. The predicted molar refractivity (Wildman–Crippen MR) is 174 cm³/mol. The summed E-state index contributed by atoms with van der Waals surface area (Å²) in [6.45, 7) is 0. The highest BCUT2D eigenvalue weighted by Gasteiger charge is 2.43. The molecule has 0 aliphatic carbocycles. The molecule has 5 rings (SSSR count). The summed E-state index contributed by atoms with van der Waals surface area (Å²) in [5, 5.41) is 0. The highest BCUT2D eigenvalue weighted by molar-refractivity contribution is 7.88. The monoisotopic (exact) mass is 854 g/mol. The van der Waals surface area contributed by atoms with Gasteiger partial charge in [0.05, 0.1) is 22.3 Å². The average molecular weight is 855 g/mol. The number of carbonyl (C=O) groups excluding carboxylic acids is 1. The number of rotatable bonds is 11. The molecule has 0 N–H and O–H groups in total. The molecule has 0 saturated heterocycles. The van der Waals surface area contributed by atoms with Gasteiger partial charge in [-0.3, -0.25) is 4.79 Å². The number of hydrogen-bond donors (Lipinski definition) is 0. The fourth-order valence-electron chi connectivity index (χ4n) is 4.92. The molecular formula is C34H19F9O10S3. The van der Waals surface area contributed by atoms with E-state index in [9.17, 15) is 69.6 Å². The standard InChI is InChI=1S/C34H19F9O10S3/c35-32(36,37)22-12-4-7-15-26(22)54(45,46)51-25-19-18-21(29(44)20-10-2-1-3-11-20)30(52-55(47,48)27-16-8-5-13-23(27)33(38,39)40)31(25)53-56(49,50)28-17-9-6-14-24(28)34(41,42)43/h1-19H. The Morgan fingerprint density at radius 2 is 0.750 bits per heavy atom. The summed E-state index contributed by atoms with van der Waals surface area (Å²) in [4.78, 5) is 8.77. The molecule has 0 atom stereocenters. The lowest BCUT2D eigenvalue weighted by molar-refractivity contribution is -0.140. The van der Waals surface area contributed by atoms with Crippen molar-refractivity contribution < 1.29 is 82.1 Å². The van der Waals surface area contributed by atoms with Crippen molar-refractivity contribution >= 4 is 36.1 Å². The van der Waals surface area contributed by atoms with Gasteiger partial charge in [-0.2, -0.15) is 64.8 Å². The molecule has 0 aliphatic rings. The van der Waals surface area contributed by atoms with Crippen molar-refractivity contribution in [1.29, 1.82) is 0 Å². The maximum absolute atomic E-state index is 14.0. The molecule has 0 unspecified atom stereocenters. The quantitative estimate of drug-likeness (QED) is 0.0723. The van der Waals surface area contributed by atoms with Crippen LogP contribution in [0.1, 0.15) is 32.6 Å². The Bertz CT molecular complexity index is 2640. The van der Waals surface area contributed by atoms with Gasteiger partial charge in [-0.1, -0.05) is 66.7 Å². The number of hydrogen-bond acceptors (Lipinski definition) is 10. The molecule has 0 fully saturated rings. The Kier molecular flexibility index (Phi) is 11.0. The molecule has 22 heteroatoms. The van der Waals surface area contributed by atoms with E-state index in [1.54, 1.807) is 0 Å². The van der Waals surface area contributed by atoms with Crippen LogP contribution in [-0.4, -0.2) is 31.0 Å². The summed E-state index contributed by atoms with van der Waals surface area (Å²) < 4.78 is 221. The lowest BCUT2D eigenvalue weighted by Gasteiger charge is -2.21. The molecule has 0 spiro atoms. The molecule has 0 aliphatic heterocycles. The molecule has 0 radical (unpaired) electrons. The van der Waals surface area contributed by atoms with Crippen LogP contribution in [0, 0.1) is 0 Å². The molecule has 56 heavy (non-hydrogen) atoms. The second-order valence-corrected chi connectivity index (χ2v) is 15.6. The van der Waals surface area contributed by atoms with Gasteiger partial charge in [0.1, 0.15) is 14.7 Å². The average Bonchev–Trinajstić information content (AvgIpc) is 3.12. The first kappa shape index (κ1) is 41.6. The van der Waals surface area contributed by atoms with Gasteiger partial charge < -0.3 is 12.5 Å². The second kappa shape index (κ2) is 14.8. The van der Waals surface area contributed by atoms with E-state index in [0.29, 0.717) is 36.4 Å². The molecule has 10 nitrogen and oxygen atoms in total. The SMILES string of the molecule is O=C(c1ccccc1)c1ccc(OS(=O)(=O)c2ccccc2C(F)(F)F)c(OS(=O)(=O)c2ccccc2C(F)(F)F)c1OS(=O)(=O)c1ccccc1C(F)(F)F. The molecule has 5 aromatic rings.